The lowest BCUT2D eigenvalue weighted by Gasteiger charge is -2.06. The van der Waals surface area contributed by atoms with E-state index in [1.54, 1.807) is 13.0 Å². The molecule has 0 atom stereocenters. The molecule has 1 N–H and O–H groups in total. The van der Waals surface area contributed by atoms with E-state index in [0.717, 1.165) is 21.3 Å². The first-order valence-electron chi connectivity index (χ1n) is 8.06. The predicted octanol–water partition coefficient (Wildman–Crippen LogP) is 4.60. The van der Waals surface area contributed by atoms with Crippen molar-refractivity contribution >= 4 is 39.6 Å². The molecule has 0 unspecified atom stereocenters. The number of hydrogen-bond donors (Lipinski definition) is 1. The quantitative estimate of drug-likeness (QED) is 0.544. The highest BCUT2D eigenvalue weighted by Gasteiger charge is 2.04. The second-order valence-corrected chi connectivity index (χ2v) is 6.30. The Bertz CT molecular complexity index is 754. The fourth-order valence-corrected chi connectivity index (χ4v) is 2.65. The number of carbonyl (C=O) groups is 2. The van der Waals surface area contributed by atoms with Gasteiger partial charge in [0.25, 0.3) is 0 Å². The van der Waals surface area contributed by atoms with Gasteiger partial charge in [0.15, 0.2) is 0 Å². The normalized spacial score (nSPS) is 10.6. The number of nitrogens with one attached hydrogen (secondary N) is 1. The molecule has 130 valence electrons. The van der Waals surface area contributed by atoms with Gasteiger partial charge in [-0.2, -0.15) is 0 Å². The maximum absolute atomic E-state index is 12.0. The first kappa shape index (κ1) is 18.9. The maximum Gasteiger partial charge on any atom is 0.330 e. The average Bonchev–Trinajstić information content (AvgIpc) is 2.60. The van der Waals surface area contributed by atoms with Crippen LogP contribution in [0.4, 0.5) is 5.69 Å². The SMILES string of the molecule is CCOC(=O)C=Cc1ccc(NC(=O)CCc2cccc(Br)c2)cc1. The van der Waals surface area contributed by atoms with Crippen LogP contribution < -0.4 is 5.32 Å². The van der Waals surface area contributed by atoms with Gasteiger partial charge in [0.05, 0.1) is 6.61 Å². The monoisotopic (exact) mass is 401 g/mol. The van der Waals surface area contributed by atoms with Gasteiger partial charge in [0.1, 0.15) is 0 Å². The van der Waals surface area contributed by atoms with Gasteiger partial charge in [0.2, 0.25) is 5.91 Å². The molecule has 0 saturated carbocycles. The number of benzene rings is 2. The zero-order chi connectivity index (χ0) is 18.1. The molecule has 0 aromatic heterocycles. The molecule has 2 aromatic carbocycles. The van der Waals surface area contributed by atoms with Crippen LogP contribution in [0.5, 0.6) is 0 Å². The van der Waals surface area contributed by atoms with E-state index in [2.05, 4.69) is 21.2 Å². The number of rotatable bonds is 7. The van der Waals surface area contributed by atoms with Crippen molar-refractivity contribution in [1.29, 1.82) is 0 Å². The highest BCUT2D eigenvalue weighted by atomic mass is 79.9. The van der Waals surface area contributed by atoms with Gasteiger partial charge in [-0.15, -0.1) is 0 Å². The summed E-state index contributed by atoms with van der Waals surface area (Å²) in [5.41, 5.74) is 2.71. The third-order valence-corrected chi connectivity index (χ3v) is 3.92. The van der Waals surface area contributed by atoms with Crippen LogP contribution in [0.1, 0.15) is 24.5 Å². The molecule has 0 heterocycles. The molecule has 2 aromatic rings. The summed E-state index contributed by atoms with van der Waals surface area (Å²) < 4.78 is 5.84. The molecule has 0 fully saturated rings. The Labute approximate surface area is 156 Å². The molecule has 0 saturated heterocycles. The van der Waals surface area contributed by atoms with Gasteiger partial charge < -0.3 is 10.1 Å². The molecule has 25 heavy (non-hydrogen) atoms. The van der Waals surface area contributed by atoms with Crippen molar-refractivity contribution in [3.63, 3.8) is 0 Å². The van der Waals surface area contributed by atoms with Crippen molar-refractivity contribution in [2.75, 3.05) is 11.9 Å². The lowest BCUT2D eigenvalue weighted by Crippen LogP contribution is -2.12. The Hall–Kier alpha value is -2.40. The minimum absolute atomic E-state index is 0.0326. The molecule has 2 rings (SSSR count). The van der Waals surface area contributed by atoms with Gasteiger partial charge in [-0.05, 0) is 54.8 Å². The highest BCUT2D eigenvalue weighted by molar-refractivity contribution is 9.10. The summed E-state index contributed by atoms with van der Waals surface area (Å²) >= 11 is 3.42. The van der Waals surface area contributed by atoms with Gasteiger partial charge >= 0.3 is 5.97 Å². The molecule has 0 bridgehead atoms. The third kappa shape index (κ3) is 6.93. The zero-order valence-corrected chi connectivity index (χ0v) is 15.6. The molecule has 0 aliphatic heterocycles. The summed E-state index contributed by atoms with van der Waals surface area (Å²) in [6.45, 7) is 2.12. The lowest BCUT2D eigenvalue weighted by molar-refractivity contribution is -0.137. The second-order valence-electron chi connectivity index (χ2n) is 5.39. The zero-order valence-electron chi connectivity index (χ0n) is 14.0. The Morgan fingerprint density at radius 2 is 1.92 bits per heavy atom. The van der Waals surface area contributed by atoms with Crippen LogP contribution in [0.2, 0.25) is 0 Å². The fraction of sp³-hybridized carbons (Fsp3) is 0.200. The van der Waals surface area contributed by atoms with Gasteiger partial charge in [0, 0.05) is 22.7 Å². The van der Waals surface area contributed by atoms with Crippen LogP contribution in [0, 0.1) is 0 Å². The Kier molecular flexibility index (Phi) is 7.41. The largest absolute Gasteiger partial charge is 0.463 e. The Morgan fingerprint density at radius 3 is 2.60 bits per heavy atom. The van der Waals surface area contributed by atoms with Crippen LogP contribution in [-0.2, 0) is 20.7 Å². The molecule has 0 aliphatic carbocycles. The summed E-state index contributed by atoms with van der Waals surface area (Å²) in [4.78, 5) is 23.3. The summed E-state index contributed by atoms with van der Waals surface area (Å²) in [5.74, 6) is -0.401. The van der Waals surface area contributed by atoms with Crippen molar-refractivity contribution in [1.82, 2.24) is 0 Å². The third-order valence-electron chi connectivity index (χ3n) is 3.42. The van der Waals surface area contributed by atoms with Gasteiger partial charge in [-0.1, -0.05) is 40.2 Å². The van der Waals surface area contributed by atoms with E-state index in [9.17, 15) is 9.59 Å². The molecule has 1 amide bonds. The minimum atomic E-state index is -0.368. The Balaban J connectivity index is 1.83. The number of anilines is 1. The first-order valence-corrected chi connectivity index (χ1v) is 8.85. The minimum Gasteiger partial charge on any atom is -0.463 e. The van der Waals surface area contributed by atoms with Crippen molar-refractivity contribution in [3.8, 4) is 0 Å². The molecule has 0 aliphatic rings. The maximum atomic E-state index is 12.0. The van der Waals surface area contributed by atoms with E-state index in [0.29, 0.717) is 19.4 Å². The summed E-state index contributed by atoms with van der Waals surface area (Å²) in [6, 6.07) is 15.2. The predicted molar refractivity (Wildman–Crippen MR) is 103 cm³/mol. The van der Waals surface area contributed by atoms with Gasteiger partial charge in [-0.3, -0.25) is 4.79 Å². The van der Waals surface area contributed by atoms with E-state index < -0.39 is 0 Å². The topological polar surface area (TPSA) is 55.4 Å². The van der Waals surface area contributed by atoms with Crippen LogP contribution in [0.3, 0.4) is 0 Å². The molecule has 5 heteroatoms. The number of aryl methyl sites for hydroxylation is 1. The highest BCUT2D eigenvalue weighted by Crippen LogP contribution is 2.14. The Morgan fingerprint density at radius 1 is 1.16 bits per heavy atom. The smallest absolute Gasteiger partial charge is 0.330 e. The second kappa shape index (κ2) is 9.79. The van der Waals surface area contributed by atoms with E-state index in [1.165, 1.54) is 6.08 Å². The van der Waals surface area contributed by atoms with E-state index in [1.807, 2.05) is 48.5 Å². The van der Waals surface area contributed by atoms with E-state index >= 15 is 0 Å². The average molecular weight is 402 g/mol. The molecular weight excluding hydrogens is 382 g/mol. The molecule has 0 spiro atoms. The number of esters is 1. The van der Waals surface area contributed by atoms with Crippen LogP contribution in [-0.4, -0.2) is 18.5 Å². The van der Waals surface area contributed by atoms with Crippen molar-refractivity contribution in [2.45, 2.75) is 19.8 Å². The van der Waals surface area contributed by atoms with Crippen LogP contribution in [0.25, 0.3) is 6.08 Å². The van der Waals surface area contributed by atoms with Crippen molar-refractivity contribution in [2.24, 2.45) is 0 Å². The number of amides is 1. The lowest BCUT2D eigenvalue weighted by atomic mass is 10.1. The van der Waals surface area contributed by atoms with Gasteiger partial charge in [-0.25, -0.2) is 4.79 Å². The van der Waals surface area contributed by atoms with Crippen molar-refractivity contribution in [3.05, 3.63) is 70.2 Å². The van der Waals surface area contributed by atoms with E-state index in [-0.39, 0.29) is 11.9 Å². The molecule has 4 nitrogen and oxygen atoms in total. The van der Waals surface area contributed by atoms with Crippen LogP contribution >= 0.6 is 15.9 Å². The standard InChI is InChI=1S/C20H20BrNO3/c1-2-25-20(24)13-9-15-6-10-18(11-7-15)22-19(23)12-8-16-4-3-5-17(21)14-16/h3-7,9-11,13-14H,2,8,12H2,1H3,(H,22,23). The summed E-state index contributed by atoms with van der Waals surface area (Å²) in [7, 11) is 0. The van der Waals surface area contributed by atoms with Crippen LogP contribution in [0.15, 0.2) is 59.1 Å². The summed E-state index contributed by atoms with van der Waals surface area (Å²) in [5, 5.41) is 2.87. The molecule has 0 radical (unpaired) electrons. The number of carbonyl (C=O) groups excluding carboxylic acids is 2. The number of ether oxygens (including phenoxy) is 1. The number of hydrogen-bond acceptors (Lipinski definition) is 3. The van der Waals surface area contributed by atoms with Crippen molar-refractivity contribution < 1.29 is 14.3 Å². The summed E-state index contributed by atoms with van der Waals surface area (Å²) in [6.07, 6.45) is 4.17. The first-order chi connectivity index (χ1) is 12.1. The fourth-order valence-electron chi connectivity index (χ4n) is 2.21. The number of halogens is 1. The van der Waals surface area contributed by atoms with E-state index in [4.69, 9.17) is 4.74 Å². The molecular formula is C20H20BrNO3.